The van der Waals surface area contributed by atoms with Gasteiger partial charge in [0.05, 0.1) is 0 Å². The first-order valence-electron chi connectivity index (χ1n) is 6.91. The van der Waals surface area contributed by atoms with Crippen molar-refractivity contribution < 1.29 is 14.3 Å². The lowest BCUT2D eigenvalue weighted by Crippen LogP contribution is -2.50. The number of rotatable bonds is 3. The molecule has 0 aliphatic carbocycles. The fourth-order valence-electron chi connectivity index (χ4n) is 2.44. The zero-order chi connectivity index (χ0) is 14.7. The monoisotopic (exact) mass is 280 g/mol. The highest BCUT2D eigenvalue weighted by Crippen LogP contribution is 2.14. The van der Waals surface area contributed by atoms with E-state index in [0.717, 1.165) is 24.2 Å². The number of piperazine rings is 1. The molecular formula is C15H21FN2O2. The topological polar surface area (TPSA) is 43.8 Å². The zero-order valence-electron chi connectivity index (χ0n) is 12.0. The highest BCUT2D eigenvalue weighted by Gasteiger charge is 2.23. The van der Waals surface area contributed by atoms with E-state index in [1.165, 1.54) is 13.0 Å². The summed E-state index contributed by atoms with van der Waals surface area (Å²) in [5, 5.41) is 9.29. The maximum absolute atomic E-state index is 13.3. The molecule has 4 nitrogen and oxygen atoms in total. The summed E-state index contributed by atoms with van der Waals surface area (Å²) in [4.78, 5) is 15.6. The van der Waals surface area contributed by atoms with E-state index >= 15 is 0 Å². The molecule has 0 aromatic heterocycles. The number of carbonyl (C=O) groups is 1. The molecule has 1 N–H and O–H groups in total. The van der Waals surface area contributed by atoms with E-state index in [9.17, 15) is 14.3 Å². The number of aryl methyl sites for hydroxylation is 1. The van der Waals surface area contributed by atoms with Crippen molar-refractivity contribution in [1.82, 2.24) is 9.80 Å². The van der Waals surface area contributed by atoms with Crippen molar-refractivity contribution in [1.29, 1.82) is 0 Å². The average molecular weight is 280 g/mol. The summed E-state index contributed by atoms with van der Waals surface area (Å²) in [6, 6.07) is 4.83. The molecule has 0 unspecified atom stereocenters. The van der Waals surface area contributed by atoms with Crippen LogP contribution >= 0.6 is 0 Å². The number of aliphatic hydroxyl groups excluding tert-OH is 1. The summed E-state index contributed by atoms with van der Waals surface area (Å²) < 4.78 is 13.3. The van der Waals surface area contributed by atoms with Gasteiger partial charge in [-0.05, 0) is 37.1 Å². The summed E-state index contributed by atoms with van der Waals surface area (Å²) in [7, 11) is 0. The highest BCUT2D eigenvalue weighted by molar-refractivity contribution is 5.80. The van der Waals surface area contributed by atoms with Crippen molar-refractivity contribution in [2.24, 2.45) is 0 Å². The first kappa shape index (κ1) is 14.9. The van der Waals surface area contributed by atoms with E-state index in [0.29, 0.717) is 19.6 Å². The minimum absolute atomic E-state index is 0.214. The van der Waals surface area contributed by atoms with Crippen LogP contribution in [0.4, 0.5) is 4.39 Å². The van der Waals surface area contributed by atoms with E-state index in [4.69, 9.17) is 0 Å². The molecule has 1 aromatic rings. The SMILES string of the molecule is Cc1ccc(F)cc1CN1CCN(C(=O)[C@H](C)O)CC1. The Morgan fingerprint density at radius 3 is 2.60 bits per heavy atom. The summed E-state index contributed by atoms with van der Waals surface area (Å²) >= 11 is 0. The molecule has 1 amide bonds. The van der Waals surface area contributed by atoms with Crippen LogP contribution in [0, 0.1) is 12.7 Å². The maximum atomic E-state index is 13.3. The zero-order valence-corrected chi connectivity index (χ0v) is 12.0. The minimum atomic E-state index is -0.938. The van der Waals surface area contributed by atoms with Gasteiger partial charge in [0.1, 0.15) is 11.9 Å². The molecule has 20 heavy (non-hydrogen) atoms. The van der Waals surface area contributed by atoms with Crippen LogP contribution < -0.4 is 0 Å². The quantitative estimate of drug-likeness (QED) is 0.903. The number of aliphatic hydroxyl groups is 1. The highest BCUT2D eigenvalue weighted by atomic mass is 19.1. The third kappa shape index (κ3) is 3.55. The van der Waals surface area contributed by atoms with Gasteiger partial charge in [-0.2, -0.15) is 0 Å². The van der Waals surface area contributed by atoms with Gasteiger partial charge in [-0.15, -0.1) is 0 Å². The number of hydrogen-bond acceptors (Lipinski definition) is 3. The van der Waals surface area contributed by atoms with Crippen LogP contribution in [-0.2, 0) is 11.3 Å². The van der Waals surface area contributed by atoms with E-state index in [-0.39, 0.29) is 11.7 Å². The Morgan fingerprint density at radius 1 is 1.35 bits per heavy atom. The molecule has 1 fully saturated rings. The Balaban J connectivity index is 1.91. The maximum Gasteiger partial charge on any atom is 0.251 e. The molecule has 2 rings (SSSR count). The van der Waals surface area contributed by atoms with Crippen LogP contribution in [0.3, 0.4) is 0 Å². The van der Waals surface area contributed by atoms with E-state index in [1.807, 2.05) is 6.92 Å². The molecule has 1 aromatic carbocycles. The Labute approximate surface area is 118 Å². The largest absolute Gasteiger partial charge is 0.384 e. The number of nitrogens with zero attached hydrogens (tertiary/aromatic N) is 2. The molecule has 0 bridgehead atoms. The molecule has 1 aliphatic heterocycles. The Kier molecular flexibility index (Phi) is 4.73. The molecule has 5 heteroatoms. The van der Waals surface area contributed by atoms with Gasteiger partial charge < -0.3 is 10.0 Å². The lowest BCUT2D eigenvalue weighted by molar-refractivity contribution is -0.141. The lowest BCUT2D eigenvalue weighted by Gasteiger charge is -2.35. The predicted octanol–water partition coefficient (Wildman–Crippen LogP) is 1.16. The smallest absolute Gasteiger partial charge is 0.251 e. The first-order chi connectivity index (χ1) is 9.47. The van der Waals surface area contributed by atoms with Crippen LogP contribution in [0.5, 0.6) is 0 Å². The van der Waals surface area contributed by atoms with Crippen LogP contribution in [-0.4, -0.2) is 53.1 Å². The van der Waals surface area contributed by atoms with Gasteiger partial charge in [0.25, 0.3) is 5.91 Å². The minimum Gasteiger partial charge on any atom is -0.384 e. The molecule has 0 radical (unpaired) electrons. The molecule has 0 spiro atoms. The van der Waals surface area contributed by atoms with Gasteiger partial charge in [0.15, 0.2) is 0 Å². The predicted molar refractivity (Wildman–Crippen MR) is 74.7 cm³/mol. The van der Waals surface area contributed by atoms with E-state index in [2.05, 4.69) is 4.90 Å². The van der Waals surface area contributed by atoms with Crippen LogP contribution in [0.15, 0.2) is 18.2 Å². The van der Waals surface area contributed by atoms with Gasteiger partial charge in [-0.3, -0.25) is 9.69 Å². The lowest BCUT2D eigenvalue weighted by atomic mass is 10.1. The van der Waals surface area contributed by atoms with Crippen molar-refractivity contribution in [3.8, 4) is 0 Å². The molecule has 1 heterocycles. The van der Waals surface area contributed by atoms with Crippen LogP contribution in [0.25, 0.3) is 0 Å². The molecule has 1 saturated heterocycles. The van der Waals surface area contributed by atoms with Crippen molar-refractivity contribution >= 4 is 5.91 Å². The van der Waals surface area contributed by atoms with Crippen LogP contribution in [0.2, 0.25) is 0 Å². The Morgan fingerprint density at radius 2 is 2.00 bits per heavy atom. The van der Waals surface area contributed by atoms with E-state index < -0.39 is 6.10 Å². The second-order valence-electron chi connectivity index (χ2n) is 5.35. The number of carbonyl (C=O) groups excluding carboxylic acids is 1. The summed E-state index contributed by atoms with van der Waals surface area (Å²) in [6.07, 6.45) is -0.938. The summed E-state index contributed by atoms with van der Waals surface area (Å²) in [5.41, 5.74) is 2.06. The van der Waals surface area contributed by atoms with Gasteiger partial charge in [0.2, 0.25) is 0 Å². The number of hydrogen-bond donors (Lipinski definition) is 1. The van der Waals surface area contributed by atoms with Crippen LogP contribution in [0.1, 0.15) is 18.1 Å². The Hall–Kier alpha value is -1.46. The third-order valence-electron chi connectivity index (χ3n) is 3.75. The van der Waals surface area contributed by atoms with Gasteiger partial charge in [-0.25, -0.2) is 4.39 Å². The second-order valence-corrected chi connectivity index (χ2v) is 5.35. The molecule has 0 saturated carbocycles. The van der Waals surface area contributed by atoms with Gasteiger partial charge >= 0.3 is 0 Å². The van der Waals surface area contributed by atoms with E-state index in [1.54, 1.807) is 17.0 Å². The van der Waals surface area contributed by atoms with Crippen molar-refractivity contribution in [2.45, 2.75) is 26.5 Å². The molecular weight excluding hydrogens is 259 g/mol. The average Bonchev–Trinajstić information content (AvgIpc) is 2.43. The third-order valence-corrected chi connectivity index (χ3v) is 3.75. The standard InChI is InChI=1S/C15H21FN2O2/c1-11-3-4-14(16)9-13(11)10-17-5-7-18(8-6-17)15(20)12(2)19/h3-4,9,12,19H,5-8,10H2,1-2H3/t12-/m0/s1. The fourth-order valence-corrected chi connectivity index (χ4v) is 2.44. The Bertz CT molecular complexity index is 483. The first-order valence-corrected chi connectivity index (χ1v) is 6.91. The molecule has 1 atom stereocenters. The second kappa shape index (κ2) is 6.33. The number of amides is 1. The van der Waals surface area contributed by atoms with Gasteiger partial charge in [0, 0.05) is 32.7 Å². The van der Waals surface area contributed by atoms with Crippen molar-refractivity contribution in [3.63, 3.8) is 0 Å². The number of benzene rings is 1. The molecule has 1 aliphatic rings. The summed E-state index contributed by atoms with van der Waals surface area (Å²) in [6.45, 7) is 6.87. The summed E-state index contributed by atoms with van der Waals surface area (Å²) in [5.74, 6) is -0.430. The van der Waals surface area contributed by atoms with Crippen molar-refractivity contribution in [3.05, 3.63) is 35.1 Å². The fraction of sp³-hybridized carbons (Fsp3) is 0.533. The normalized spacial score (nSPS) is 18.1. The van der Waals surface area contributed by atoms with Crippen molar-refractivity contribution in [2.75, 3.05) is 26.2 Å². The van der Waals surface area contributed by atoms with Gasteiger partial charge in [-0.1, -0.05) is 6.07 Å². The molecule has 110 valence electrons. The number of halogens is 1.